The highest BCUT2D eigenvalue weighted by Crippen LogP contribution is 2.33. The van der Waals surface area contributed by atoms with E-state index in [2.05, 4.69) is 0 Å². The van der Waals surface area contributed by atoms with Gasteiger partial charge in [-0.05, 0) is 48.0 Å². The van der Waals surface area contributed by atoms with Crippen molar-refractivity contribution in [2.24, 2.45) is 0 Å². The SMILES string of the molecule is O=C(C=Cc1ccc(O)cc1)OC[C@H]1O[C@@H](Oc2cc(O)c3c(=O)cc(-c4ccc(O)cc4)oc3c2)[C@H](O)[C@@H](O)[C@@H]1O. The largest absolute Gasteiger partial charge is 0.508 e. The molecule has 1 aliphatic rings. The van der Waals surface area contributed by atoms with Crippen molar-refractivity contribution in [3.8, 4) is 34.3 Å². The average Bonchev–Trinajstić information content (AvgIpc) is 2.96. The van der Waals surface area contributed by atoms with E-state index in [0.717, 1.165) is 12.1 Å². The molecule has 42 heavy (non-hydrogen) atoms. The molecule has 0 saturated carbocycles. The second-order valence-corrected chi connectivity index (χ2v) is 9.52. The summed E-state index contributed by atoms with van der Waals surface area (Å²) in [6.07, 6.45) is -5.43. The van der Waals surface area contributed by atoms with Crippen LogP contribution >= 0.6 is 0 Å². The molecule has 1 fully saturated rings. The first-order valence-electron chi connectivity index (χ1n) is 12.7. The number of fused-ring (bicyclic) bond motifs is 1. The number of carbonyl (C=O) groups excluding carboxylic acids is 1. The molecule has 0 spiro atoms. The monoisotopic (exact) mass is 578 g/mol. The van der Waals surface area contributed by atoms with Crippen molar-refractivity contribution in [3.05, 3.63) is 88.6 Å². The normalized spacial score (nSPS) is 22.3. The van der Waals surface area contributed by atoms with Gasteiger partial charge in [0.1, 0.15) is 70.8 Å². The summed E-state index contributed by atoms with van der Waals surface area (Å²) in [4.78, 5) is 24.9. The maximum absolute atomic E-state index is 12.7. The first kappa shape index (κ1) is 28.6. The number of phenols is 3. The fourth-order valence-electron chi connectivity index (χ4n) is 4.33. The fraction of sp³-hybridized carbons (Fsp3) is 0.200. The molecule has 4 aromatic rings. The third-order valence-electron chi connectivity index (χ3n) is 6.55. The van der Waals surface area contributed by atoms with E-state index in [4.69, 9.17) is 18.6 Å². The molecule has 0 aliphatic carbocycles. The standard InChI is InChI=1S/C30H26O12/c31-17-6-1-15(2-7-17)3-10-25(35)39-14-24-27(36)28(37)29(38)30(42-24)40-19-11-20(33)26-21(34)13-22(41-23(26)12-19)16-4-8-18(32)9-5-16/h1-13,24,27-33,36-38H,14H2/t24-,27-,28+,29-,30-/m1/s1. The lowest BCUT2D eigenvalue weighted by Gasteiger charge is -2.39. The van der Waals surface area contributed by atoms with Gasteiger partial charge in [-0.3, -0.25) is 4.79 Å². The highest BCUT2D eigenvalue weighted by molar-refractivity contribution is 5.87. The number of phenolic OH excluding ortho intramolecular Hbond substituents is 3. The van der Waals surface area contributed by atoms with Crippen LogP contribution in [0.2, 0.25) is 0 Å². The van der Waals surface area contributed by atoms with Gasteiger partial charge in [0.25, 0.3) is 0 Å². The number of aliphatic hydroxyl groups excluding tert-OH is 3. The first-order chi connectivity index (χ1) is 20.1. The summed E-state index contributed by atoms with van der Waals surface area (Å²) in [5.41, 5.74) is 0.501. The summed E-state index contributed by atoms with van der Waals surface area (Å²) in [7, 11) is 0. The summed E-state index contributed by atoms with van der Waals surface area (Å²) < 4.78 is 22.2. The van der Waals surface area contributed by atoms with E-state index >= 15 is 0 Å². The zero-order valence-corrected chi connectivity index (χ0v) is 21.7. The molecule has 0 radical (unpaired) electrons. The molecule has 1 aliphatic heterocycles. The molecule has 3 aromatic carbocycles. The first-order valence-corrected chi connectivity index (χ1v) is 12.7. The zero-order valence-electron chi connectivity index (χ0n) is 21.7. The maximum Gasteiger partial charge on any atom is 0.330 e. The van der Waals surface area contributed by atoms with Crippen molar-refractivity contribution >= 4 is 23.0 Å². The minimum atomic E-state index is -1.74. The zero-order chi connectivity index (χ0) is 30.0. The second kappa shape index (κ2) is 11.9. The minimum Gasteiger partial charge on any atom is -0.508 e. The van der Waals surface area contributed by atoms with Gasteiger partial charge in [0, 0.05) is 29.8 Å². The Hall–Kier alpha value is -4.88. The molecule has 1 saturated heterocycles. The molecule has 5 rings (SSSR count). The Morgan fingerprint density at radius 1 is 0.857 bits per heavy atom. The Kier molecular flexibility index (Phi) is 8.13. The molecule has 5 atom stereocenters. The highest BCUT2D eigenvalue weighted by Gasteiger charge is 2.45. The van der Waals surface area contributed by atoms with Gasteiger partial charge in [0.15, 0.2) is 5.43 Å². The van der Waals surface area contributed by atoms with E-state index < -0.39 is 54.5 Å². The lowest BCUT2D eigenvalue weighted by atomic mass is 9.99. The molecule has 0 unspecified atom stereocenters. The van der Waals surface area contributed by atoms with E-state index in [1.807, 2.05) is 0 Å². The van der Waals surface area contributed by atoms with E-state index in [9.17, 15) is 40.2 Å². The Morgan fingerprint density at radius 2 is 1.52 bits per heavy atom. The minimum absolute atomic E-state index is 0.0205. The predicted molar refractivity (Wildman–Crippen MR) is 147 cm³/mol. The summed E-state index contributed by atoms with van der Waals surface area (Å²) >= 11 is 0. The number of hydrogen-bond acceptors (Lipinski definition) is 12. The van der Waals surface area contributed by atoms with Crippen molar-refractivity contribution < 1.29 is 54.1 Å². The molecular weight excluding hydrogens is 552 g/mol. The van der Waals surface area contributed by atoms with Gasteiger partial charge < -0.3 is 49.3 Å². The van der Waals surface area contributed by atoms with Crippen LogP contribution < -0.4 is 10.2 Å². The molecule has 1 aromatic heterocycles. The third-order valence-corrected chi connectivity index (χ3v) is 6.55. The van der Waals surface area contributed by atoms with Crippen LogP contribution in [-0.4, -0.2) is 73.9 Å². The number of benzene rings is 3. The summed E-state index contributed by atoms with van der Waals surface area (Å²) in [5, 5.41) is 60.5. The predicted octanol–water partition coefficient (Wildman–Crippen LogP) is 2.02. The van der Waals surface area contributed by atoms with Crippen LogP contribution in [0.15, 0.2) is 82.0 Å². The van der Waals surface area contributed by atoms with Crippen LogP contribution in [0.5, 0.6) is 23.0 Å². The van der Waals surface area contributed by atoms with Gasteiger partial charge >= 0.3 is 5.97 Å². The van der Waals surface area contributed by atoms with Gasteiger partial charge in [0.05, 0.1) is 0 Å². The molecule has 0 bridgehead atoms. The van der Waals surface area contributed by atoms with Gasteiger partial charge in [-0.15, -0.1) is 0 Å². The van der Waals surface area contributed by atoms with Crippen molar-refractivity contribution in [2.75, 3.05) is 6.61 Å². The van der Waals surface area contributed by atoms with Gasteiger partial charge in [0.2, 0.25) is 6.29 Å². The third kappa shape index (κ3) is 6.21. The topological polar surface area (TPSA) is 196 Å². The number of aliphatic hydroxyl groups is 3. The molecule has 0 amide bonds. The van der Waals surface area contributed by atoms with E-state index in [-0.39, 0.29) is 34.0 Å². The van der Waals surface area contributed by atoms with Crippen molar-refractivity contribution in [1.82, 2.24) is 0 Å². The number of hydrogen-bond donors (Lipinski definition) is 6. The van der Waals surface area contributed by atoms with Crippen molar-refractivity contribution in [3.63, 3.8) is 0 Å². The van der Waals surface area contributed by atoms with Crippen molar-refractivity contribution in [2.45, 2.75) is 30.7 Å². The smallest absolute Gasteiger partial charge is 0.330 e. The van der Waals surface area contributed by atoms with Crippen LogP contribution in [0.4, 0.5) is 0 Å². The fourth-order valence-corrected chi connectivity index (χ4v) is 4.33. The van der Waals surface area contributed by atoms with Crippen LogP contribution in [0, 0.1) is 0 Å². The molecule has 12 nitrogen and oxygen atoms in total. The lowest BCUT2D eigenvalue weighted by molar-refractivity contribution is -0.278. The van der Waals surface area contributed by atoms with E-state index in [0.29, 0.717) is 11.1 Å². The van der Waals surface area contributed by atoms with Crippen molar-refractivity contribution in [1.29, 1.82) is 0 Å². The van der Waals surface area contributed by atoms with Gasteiger partial charge in [-0.1, -0.05) is 12.1 Å². The lowest BCUT2D eigenvalue weighted by Crippen LogP contribution is -2.60. The Morgan fingerprint density at radius 3 is 2.21 bits per heavy atom. The van der Waals surface area contributed by atoms with Crippen LogP contribution in [-0.2, 0) is 14.3 Å². The molecule has 218 valence electrons. The number of carbonyl (C=O) groups is 1. The number of aromatic hydroxyl groups is 3. The second-order valence-electron chi connectivity index (χ2n) is 9.52. The van der Waals surface area contributed by atoms with Gasteiger partial charge in [-0.2, -0.15) is 0 Å². The molecule has 12 heteroatoms. The highest BCUT2D eigenvalue weighted by atomic mass is 16.7. The van der Waals surface area contributed by atoms with Crippen LogP contribution in [0.25, 0.3) is 28.4 Å². The van der Waals surface area contributed by atoms with E-state index in [1.165, 1.54) is 54.6 Å². The molecule has 6 N–H and O–H groups in total. The number of rotatable bonds is 7. The summed E-state index contributed by atoms with van der Waals surface area (Å²) in [6, 6.07) is 15.5. The maximum atomic E-state index is 12.7. The quantitative estimate of drug-likeness (QED) is 0.138. The molecule has 2 heterocycles. The molecular formula is C30H26O12. The van der Waals surface area contributed by atoms with Gasteiger partial charge in [-0.25, -0.2) is 4.79 Å². The number of esters is 1. The summed E-state index contributed by atoms with van der Waals surface area (Å²) in [6.45, 7) is -0.503. The van der Waals surface area contributed by atoms with Crippen LogP contribution in [0.3, 0.4) is 0 Å². The van der Waals surface area contributed by atoms with Crippen LogP contribution in [0.1, 0.15) is 5.56 Å². The number of ether oxygens (including phenoxy) is 3. The van der Waals surface area contributed by atoms with E-state index in [1.54, 1.807) is 12.1 Å². The average molecular weight is 579 g/mol. The Labute approximate surface area is 237 Å². The summed E-state index contributed by atoms with van der Waals surface area (Å²) in [5.74, 6) is -1.13. The Bertz CT molecular complexity index is 1660. The Balaban J connectivity index is 1.31.